The summed E-state index contributed by atoms with van der Waals surface area (Å²) in [5.41, 5.74) is 8.10. The quantitative estimate of drug-likeness (QED) is 0.816. The first-order chi connectivity index (χ1) is 12.8. The third kappa shape index (κ3) is 4.68. The van der Waals surface area contributed by atoms with Crippen LogP contribution in [0.15, 0.2) is 24.3 Å². The van der Waals surface area contributed by atoms with Crippen LogP contribution in [0.1, 0.15) is 21.6 Å². The van der Waals surface area contributed by atoms with E-state index in [-0.39, 0.29) is 12.5 Å². The van der Waals surface area contributed by atoms with Crippen molar-refractivity contribution in [1.29, 1.82) is 0 Å². The molecule has 0 fully saturated rings. The summed E-state index contributed by atoms with van der Waals surface area (Å²) in [5, 5.41) is 0.519. The van der Waals surface area contributed by atoms with E-state index in [0.29, 0.717) is 34.1 Å². The molecule has 0 saturated heterocycles. The Balaban J connectivity index is 2.55. The highest BCUT2D eigenvalue weighted by Gasteiger charge is 2.20. The first-order valence-corrected chi connectivity index (χ1v) is 8.61. The number of hydrogen-bond acceptors (Lipinski definition) is 5. The van der Waals surface area contributed by atoms with Gasteiger partial charge in [0, 0.05) is 31.1 Å². The van der Waals surface area contributed by atoms with E-state index in [4.69, 9.17) is 26.8 Å². The predicted octanol–water partition coefficient (Wildman–Crippen LogP) is 3.06. The fraction of sp³-hybridized carbons (Fsp3) is 0.316. The number of halogens is 1. The number of rotatable bonds is 6. The summed E-state index contributed by atoms with van der Waals surface area (Å²) < 4.78 is 10.4. The van der Waals surface area contributed by atoms with Gasteiger partial charge in [-0.3, -0.25) is 4.79 Å². The maximum absolute atomic E-state index is 12.3. The van der Waals surface area contributed by atoms with Crippen molar-refractivity contribution < 1.29 is 19.1 Å². The SMILES string of the molecule is COc1c(CCOC(N)=O)cc(Cl)c(C)c1-c1cccc(C(=O)N(C)C)n1. The summed E-state index contributed by atoms with van der Waals surface area (Å²) in [6, 6.07) is 6.96. The van der Waals surface area contributed by atoms with Crippen LogP contribution in [0, 0.1) is 6.92 Å². The monoisotopic (exact) mass is 391 g/mol. The normalized spacial score (nSPS) is 10.4. The zero-order chi connectivity index (χ0) is 20.1. The Morgan fingerprint density at radius 1 is 1.30 bits per heavy atom. The lowest BCUT2D eigenvalue weighted by Gasteiger charge is -2.18. The fourth-order valence-corrected chi connectivity index (χ4v) is 2.91. The average molecular weight is 392 g/mol. The largest absolute Gasteiger partial charge is 0.496 e. The summed E-state index contributed by atoms with van der Waals surface area (Å²) in [4.78, 5) is 29.0. The molecule has 8 heteroatoms. The lowest BCUT2D eigenvalue weighted by Crippen LogP contribution is -2.22. The van der Waals surface area contributed by atoms with Crippen LogP contribution in [0.3, 0.4) is 0 Å². The molecule has 1 heterocycles. The summed E-state index contributed by atoms with van der Waals surface area (Å²) in [5.74, 6) is 0.359. The molecule has 0 unspecified atom stereocenters. The number of methoxy groups -OCH3 is 1. The van der Waals surface area contributed by atoms with Gasteiger partial charge >= 0.3 is 6.09 Å². The van der Waals surface area contributed by atoms with E-state index in [1.807, 2.05) is 6.92 Å². The molecule has 1 aromatic heterocycles. The first-order valence-electron chi connectivity index (χ1n) is 8.23. The minimum atomic E-state index is -0.844. The number of carbonyl (C=O) groups excluding carboxylic acids is 2. The third-order valence-corrected chi connectivity index (χ3v) is 4.40. The molecule has 0 atom stereocenters. The van der Waals surface area contributed by atoms with Crippen LogP contribution in [0.4, 0.5) is 4.79 Å². The predicted molar refractivity (Wildman–Crippen MR) is 103 cm³/mol. The zero-order valence-corrected chi connectivity index (χ0v) is 16.5. The zero-order valence-electron chi connectivity index (χ0n) is 15.7. The van der Waals surface area contributed by atoms with Crippen LogP contribution in [0.5, 0.6) is 5.75 Å². The third-order valence-electron chi connectivity index (χ3n) is 4.00. The van der Waals surface area contributed by atoms with Crippen LogP contribution in [-0.2, 0) is 11.2 Å². The Morgan fingerprint density at radius 2 is 2.00 bits per heavy atom. The second-order valence-electron chi connectivity index (χ2n) is 6.08. The average Bonchev–Trinajstić information content (AvgIpc) is 2.63. The van der Waals surface area contributed by atoms with E-state index < -0.39 is 6.09 Å². The molecule has 7 nitrogen and oxygen atoms in total. The molecule has 2 N–H and O–H groups in total. The molecule has 0 bridgehead atoms. The van der Waals surface area contributed by atoms with Crippen LogP contribution in [0.25, 0.3) is 11.3 Å². The topological polar surface area (TPSA) is 94.8 Å². The highest BCUT2D eigenvalue weighted by atomic mass is 35.5. The van der Waals surface area contributed by atoms with Crippen molar-refractivity contribution in [3.05, 3.63) is 46.1 Å². The number of ether oxygens (including phenoxy) is 2. The first kappa shape index (κ1) is 20.5. The number of benzene rings is 1. The van der Waals surface area contributed by atoms with Gasteiger partial charge in [0.25, 0.3) is 5.91 Å². The molecule has 0 radical (unpaired) electrons. The van der Waals surface area contributed by atoms with E-state index in [9.17, 15) is 9.59 Å². The van der Waals surface area contributed by atoms with Gasteiger partial charge in [-0.2, -0.15) is 0 Å². The van der Waals surface area contributed by atoms with Crippen molar-refractivity contribution in [2.45, 2.75) is 13.3 Å². The Bertz CT molecular complexity index is 868. The lowest BCUT2D eigenvalue weighted by atomic mass is 9.98. The molecule has 0 aliphatic carbocycles. The number of amides is 2. The van der Waals surface area contributed by atoms with Crippen molar-refractivity contribution in [3.63, 3.8) is 0 Å². The Kier molecular flexibility index (Phi) is 6.63. The summed E-state index contributed by atoms with van der Waals surface area (Å²) >= 11 is 6.40. The van der Waals surface area contributed by atoms with Crippen molar-refractivity contribution >= 4 is 23.6 Å². The maximum Gasteiger partial charge on any atom is 0.404 e. The van der Waals surface area contributed by atoms with Gasteiger partial charge in [-0.15, -0.1) is 0 Å². The van der Waals surface area contributed by atoms with Gasteiger partial charge in [-0.05, 0) is 36.2 Å². The smallest absolute Gasteiger partial charge is 0.404 e. The standard InChI is InChI=1S/C19H22ClN3O4/c1-11-13(20)10-12(8-9-27-19(21)25)17(26-4)16(11)14-6-5-7-15(22-14)18(24)23(2)3/h5-7,10H,8-9H2,1-4H3,(H2,21,25). The Morgan fingerprint density at radius 3 is 2.59 bits per heavy atom. The molecular weight excluding hydrogens is 370 g/mol. The molecule has 0 spiro atoms. The van der Waals surface area contributed by atoms with E-state index in [0.717, 1.165) is 11.1 Å². The van der Waals surface area contributed by atoms with Gasteiger partial charge in [-0.25, -0.2) is 9.78 Å². The molecule has 0 aliphatic rings. The number of primary amides is 1. The van der Waals surface area contributed by atoms with Gasteiger partial charge in [0.2, 0.25) is 0 Å². The van der Waals surface area contributed by atoms with Gasteiger partial charge in [0.05, 0.1) is 19.4 Å². The highest BCUT2D eigenvalue weighted by Crippen LogP contribution is 2.39. The number of pyridine rings is 1. The van der Waals surface area contributed by atoms with Crippen molar-refractivity contribution in [3.8, 4) is 17.0 Å². The molecular formula is C19H22ClN3O4. The molecule has 0 saturated carbocycles. The van der Waals surface area contributed by atoms with Crippen LogP contribution in [0.2, 0.25) is 5.02 Å². The van der Waals surface area contributed by atoms with Crippen molar-refractivity contribution in [1.82, 2.24) is 9.88 Å². The lowest BCUT2D eigenvalue weighted by molar-refractivity contribution is 0.0822. The van der Waals surface area contributed by atoms with Crippen molar-refractivity contribution in [2.24, 2.45) is 5.73 Å². The number of carbonyl (C=O) groups is 2. The second-order valence-corrected chi connectivity index (χ2v) is 6.48. The summed E-state index contributed by atoms with van der Waals surface area (Å²) in [6.07, 6.45) is -0.473. The van der Waals surface area contributed by atoms with E-state index in [1.54, 1.807) is 45.5 Å². The second kappa shape index (κ2) is 8.73. The van der Waals surface area contributed by atoms with Gasteiger partial charge in [0.1, 0.15) is 11.4 Å². The van der Waals surface area contributed by atoms with Gasteiger partial charge in [0.15, 0.2) is 0 Å². The minimum absolute atomic E-state index is 0.0944. The number of nitrogens with zero attached hydrogens (tertiary/aromatic N) is 2. The summed E-state index contributed by atoms with van der Waals surface area (Å²) in [7, 11) is 4.87. The van der Waals surface area contributed by atoms with E-state index in [2.05, 4.69) is 4.98 Å². The molecule has 2 amide bonds. The molecule has 2 aromatic rings. The fourth-order valence-electron chi connectivity index (χ4n) is 2.69. The van der Waals surface area contributed by atoms with E-state index >= 15 is 0 Å². The summed E-state index contributed by atoms with van der Waals surface area (Å²) in [6.45, 7) is 1.95. The van der Waals surface area contributed by atoms with Gasteiger partial charge < -0.3 is 20.1 Å². The van der Waals surface area contributed by atoms with Crippen LogP contribution < -0.4 is 10.5 Å². The molecule has 1 aromatic carbocycles. The Labute approximate surface area is 163 Å². The number of aromatic nitrogens is 1. The number of hydrogen-bond donors (Lipinski definition) is 1. The highest BCUT2D eigenvalue weighted by molar-refractivity contribution is 6.32. The molecule has 2 rings (SSSR count). The minimum Gasteiger partial charge on any atom is -0.496 e. The molecule has 0 aliphatic heterocycles. The van der Waals surface area contributed by atoms with Gasteiger partial charge in [-0.1, -0.05) is 17.7 Å². The number of nitrogens with two attached hydrogens (primary N) is 1. The molecule has 144 valence electrons. The Hall–Kier alpha value is -2.80. The van der Waals surface area contributed by atoms with Crippen molar-refractivity contribution in [2.75, 3.05) is 27.8 Å². The van der Waals surface area contributed by atoms with Crippen LogP contribution in [-0.4, -0.2) is 49.7 Å². The maximum atomic E-state index is 12.3. The van der Waals surface area contributed by atoms with E-state index in [1.165, 1.54) is 4.90 Å². The molecule has 27 heavy (non-hydrogen) atoms. The van der Waals surface area contributed by atoms with Crippen LogP contribution >= 0.6 is 11.6 Å².